The van der Waals surface area contributed by atoms with Gasteiger partial charge in [-0.1, -0.05) is 6.07 Å². The van der Waals surface area contributed by atoms with Crippen LogP contribution in [0.2, 0.25) is 0 Å². The van der Waals surface area contributed by atoms with Gasteiger partial charge in [0.1, 0.15) is 28.3 Å². The van der Waals surface area contributed by atoms with Crippen LogP contribution in [0.25, 0.3) is 16.4 Å². The Hall–Kier alpha value is -2.83. The largest absolute Gasteiger partial charge is 0.363 e. The number of nitrogens with zero attached hydrogens (tertiary/aromatic N) is 3. The Morgan fingerprint density at radius 3 is 2.62 bits per heavy atom. The second-order valence-electron chi connectivity index (χ2n) is 7.43. The van der Waals surface area contributed by atoms with E-state index in [1.165, 1.54) is 35.6 Å². The summed E-state index contributed by atoms with van der Waals surface area (Å²) in [4.78, 5) is 4.38. The molecule has 7 nitrogen and oxygen atoms in total. The maximum absolute atomic E-state index is 14.4. The standard InChI is InChI=1S/C23H22F2N4O3S2/c1-3-32-22(30)19-12-33-23(27-19)29-13(2)17(21(28-29)15-5-7-16(24)8-6-15)10-14-4-9-20(34(26)31)18(25)11-14/h4-9,11-12,22,30H,3,10,26H2,1-2H3. The summed E-state index contributed by atoms with van der Waals surface area (Å²) in [6.07, 6.45) is -0.830. The predicted octanol–water partition coefficient (Wildman–Crippen LogP) is 4.18. The van der Waals surface area contributed by atoms with Crippen molar-refractivity contribution in [1.82, 2.24) is 14.8 Å². The van der Waals surface area contributed by atoms with E-state index in [9.17, 15) is 18.1 Å². The highest BCUT2D eigenvalue weighted by atomic mass is 32.2. The maximum atomic E-state index is 14.4. The van der Waals surface area contributed by atoms with E-state index in [4.69, 9.17) is 15.0 Å². The first-order chi connectivity index (χ1) is 16.3. The Balaban J connectivity index is 1.78. The fourth-order valence-corrected chi connectivity index (χ4v) is 4.81. The molecule has 4 rings (SSSR count). The molecular weight excluding hydrogens is 482 g/mol. The number of aliphatic hydroxyl groups is 1. The molecule has 0 aliphatic rings. The summed E-state index contributed by atoms with van der Waals surface area (Å²) < 4.78 is 46.3. The van der Waals surface area contributed by atoms with Crippen molar-refractivity contribution in [2.45, 2.75) is 31.5 Å². The molecule has 0 bridgehead atoms. The van der Waals surface area contributed by atoms with Crippen LogP contribution in [0.1, 0.15) is 35.7 Å². The van der Waals surface area contributed by atoms with Crippen LogP contribution < -0.4 is 5.14 Å². The van der Waals surface area contributed by atoms with Gasteiger partial charge >= 0.3 is 0 Å². The van der Waals surface area contributed by atoms with Gasteiger partial charge in [-0.25, -0.2) is 27.8 Å². The van der Waals surface area contributed by atoms with Gasteiger partial charge in [-0.2, -0.15) is 5.10 Å². The van der Waals surface area contributed by atoms with Crippen LogP contribution in [0.4, 0.5) is 8.78 Å². The lowest BCUT2D eigenvalue weighted by Crippen LogP contribution is -2.06. The number of ether oxygens (including phenoxy) is 1. The number of aromatic nitrogens is 3. The lowest BCUT2D eigenvalue weighted by molar-refractivity contribution is -0.100. The van der Waals surface area contributed by atoms with Crippen molar-refractivity contribution < 1.29 is 22.8 Å². The van der Waals surface area contributed by atoms with Crippen LogP contribution in [0, 0.1) is 18.6 Å². The molecule has 0 aliphatic heterocycles. The number of hydrogen-bond donors (Lipinski definition) is 2. The average Bonchev–Trinajstić information content (AvgIpc) is 3.40. The van der Waals surface area contributed by atoms with E-state index in [0.717, 1.165) is 11.3 Å². The Bertz CT molecular complexity index is 1340. The SMILES string of the molecule is CCOC(O)c1csc(-n2nc(-c3ccc(F)cc3)c(Cc3ccc(S(N)=O)c(F)c3)c2C)n1. The van der Waals surface area contributed by atoms with E-state index < -0.39 is 23.1 Å². The van der Waals surface area contributed by atoms with Crippen LogP contribution in [-0.2, 0) is 22.1 Å². The molecule has 2 atom stereocenters. The number of hydrogen-bond acceptors (Lipinski definition) is 6. The highest BCUT2D eigenvalue weighted by Crippen LogP contribution is 2.31. The molecule has 0 saturated heterocycles. The molecule has 0 aliphatic carbocycles. The predicted molar refractivity (Wildman–Crippen MR) is 126 cm³/mol. The maximum Gasteiger partial charge on any atom is 0.210 e. The molecule has 0 radical (unpaired) electrons. The fourth-order valence-electron chi connectivity index (χ4n) is 3.52. The minimum Gasteiger partial charge on any atom is -0.363 e. The molecule has 178 valence electrons. The summed E-state index contributed by atoms with van der Waals surface area (Å²) >= 11 is 1.29. The molecule has 2 aromatic heterocycles. The van der Waals surface area contributed by atoms with Crippen molar-refractivity contribution in [3.63, 3.8) is 0 Å². The number of nitrogens with two attached hydrogens (primary N) is 1. The molecule has 2 aromatic carbocycles. The van der Waals surface area contributed by atoms with E-state index in [2.05, 4.69) is 4.98 Å². The first kappa shape index (κ1) is 24.3. The van der Waals surface area contributed by atoms with Crippen LogP contribution >= 0.6 is 11.3 Å². The van der Waals surface area contributed by atoms with Crippen molar-refractivity contribution in [2.75, 3.05) is 6.61 Å². The van der Waals surface area contributed by atoms with E-state index in [-0.39, 0.29) is 10.7 Å². The van der Waals surface area contributed by atoms with Gasteiger partial charge in [0.25, 0.3) is 0 Å². The van der Waals surface area contributed by atoms with Gasteiger partial charge in [0, 0.05) is 35.2 Å². The normalized spacial score (nSPS) is 13.2. The van der Waals surface area contributed by atoms with Crippen molar-refractivity contribution in [3.8, 4) is 16.4 Å². The van der Waals surface area contributed by atoms with Gasteiger partial charge in [-0.15, -0.1) is 11.3 Å². The summed E-state index contributed by atoms with van der Waals surface area (Å²) in [5.74, 6) is -1.02. The van der Waals surface area contributed by atoms with Crippen molar-refractivity contribution in [2.24, 2.45) is 5.14 Å². The lowest BCUT2D eigenvalue weighted by Gasteiger charge is -2.07. The highest BCUT2D eigenvalue weighted by molar-refractivity contribution is 7.82. The van der Waals surface area contributed by atoms with Crippen molar-refractivity contribution >= 4 is 22.3 Å². The number of rotatable bonds is 8. The molecule has 0 spiro atoms. The third-order valence-electron chi connectivity index (χ3n) is 5.22. The van der Waals surface area contributed by atoms with Crippen LogP contribution in [0.3, 0.4) is 0 Å². The fraction of sp³-hybridized carbons (Fsp3) is 0.217. The molecule has 3 N–H and O–H groups in total. The second-order valence-corrected chi connectivity index (χ2v) is 9.30. The van der Waals surface area contributed by atoms with E-state index in [0.29, 0.717) is 40.7 Å². The molecule has 11 heteroatoms. The third kappa shape index (κ3) is 4.98. The lowest BCUT2D eigenvalue weighted by atomic mass is 9.99. The quantitative estimate of drug-likeness (QED) is 0.351. The van der Waals surface area contributed by atoms with E-state index in [1.807, 2.05) is 6.92 Å². The number of benzene rings is 2. The van der Waals surface area contributed by atoms with Gasteiger partial charge in [0.2, 0.25) is 5.13 Å². The smallest absolute Gasteiger partial charge is 0.210 e. The van der Waals surface area contributed by atoms with Crippen LogP contribution in [0.5, 0.6) is 0 Å². The molecule has 0 fully saturated rings. The third-order valence-corrected chi connectivity index (χ3v) is 6.82. The monoisotopic (exact) mass is 504 g/mol. The number of halogens is 2. The summed E-state index contributed by atoms with van der Waals surface area (Å²) in [5.41, 5.74) is 3.81. The van der Waals surface area contributed by atoms with Crippen molar-refractivity contribution in [3.05, 3.63) is 82.0 Å². The summed E-state index contributed by atoms with van der Waals surface area (Å²) in [6, 6.07) is 10.3. The van der Waals surface area contributed by atoms with Gasteiger partial charge in [-0.3, -0.25) is 0 Å². The van der Waals surface area contributed by atoms with Gasteiger partial charge in [-0.05, 0) is 55.8 Å². The Morgan fingerprint density at radius 2 is 1.97 bits per heavy atom. The average molecular weight is 505 g/mol. The topological polar surface area (TPSA) is 103 Å². The first-order valence-corrected chi connectivity index (χ1v) is 12.4. The first-order valence-electron chi connectivity index (χ1n) is 10.3. The molecule has 4 aromatic rings. The minimum atomic E-state index is -1.92. The molecular formula is C23H22F2N4O3S2. The highest BCUT2D eigenvalue weighted by Gasteiger charge is 2.21. The molecule has 2 unspecified atom stereocenters. The second kappa shape index (κ2) is 10.2. The van der Waals surface area contributed by atoms with Crippen molar-refractivity contribution in [1.29, 1.82) is 0 Å². The zero-order valence-corrected chi connectivity index (χ0v) is 20.0. The Labute approximate surface area is 201 Å². The number of thiazole rings is 1. The summed E-state index contributed by atoms with van der Waals surface area (Å²) in [6.45, 7) is 3.96. The zero-order chi connectivity index (χ0) is 24.4. The molecule has 34 heavy (non-hydrogen) atoms. The Kier molecular flexibility index (Phi) is 7.29. The van der Waals surface area contributed by atoms with Crippen LogP contribution in [-0.4, -0.2) is 30.7 Å². The number of aliphatic hydroxyl groups excluding tert-OH is 1. The summed E-state index contributed by atoms with van der Waals surface area (Å²) in [7, 11) is -1.92. The minimum absolute atomic E-state index is 0.0712. The van der Waals surface area contributed by atoms with E-state index >= 15 is 0 Å². The Morgan fingerprint density at radius 1 is 1.24 bits per heavy atom. The van der Waals surface area contributed by atoms with Crippen LogP contribution in [0.15, 0.2) is 52.7 Å². The van der Waals surface area contributed by atoms with Gasteiger partial charge in [0.05, 0.1) is 10.6 Å². The summed E-state index contributed by atoms with van der Waals surface area (Å²) in [5, 5.41) is 22.3. The van der Waals surface area contributed by atoms with Gasteiger partial charge < -0.3 is 9.84 Å². The zero-order valence-electron chi connectivity index (χ0n) is 18.4. The van der Waals surface area contributed by atoms with E-state index in [1.54, 1.807) is 35.2 Å². The molecule has 0 amide bonds. The molecule has 2 heterocycles. The van der Waals surface area contributed by atoms with Gasteiger partial charge in [0.15, 0.2) is 6.29 Å². The molecule has 0 saturated carbocycles.